The van der Waals surface area contributed by atoms with Crippen LogP contribution in [0.1, 0.15) is 46.2 Å². The van der Waals surface area contributed by atoms with E-state index in [1.807, 2.05) is 51.1 Å². The summed E-state index contributed by atoms with van der Waals surface area (Å²) in [4.78, 5) is 16.5. The molecule has 0 bridgehead atoms. The molecule has 0 aliphatic rings. The molecule has 4 nitrogen and oxygen atoms in total. The number of hydrogen-bond acceptors (Lipinski definition) is 2. The van der Waals surface area contributed by atoms with Crippen LogP contribution in [0.2, 0.25) is 0 Å². The van der Waals surface area contributed by atoms with E-state index in [0.717, 1.165) is 22.3 Å². The van der Waals surface area contributed by atoms with E-state index >= 15 is 0 Å². The summed E-state index contributed by atoms with van der Waals surface area (Å²) in [6, 6.07) is 9.63. The van der Waals surface area contributed by atoms with Crippen molar-refractivity contribution in [3.63, 3.8) is 0 Å². The molecule has 21 heavy (non-hydrogen) atoms. The van der Waals surface area contributed by atoms with Crippen molar-refractivity contribution in [2.24, 2.45) is 0 Å². The van der Waals surface area contributed by atoms with Crippen molar-refractivity contribution >= 4 is 22.6 Å². The first-order valence-electron chi connectivity index (χ1n) is 7.24. The summed E-state index contributed by atoms with van der Waals surface area (Å²) >= 11 is 0. The van der Waals surface area contributed by atoms with Gasteiger partial charge in [-0.3, -0.25) is 4.98 Å². The van der Waals surface area contributed by atoms with Gasteiger partial charge in [0.25, 0.3) is 0 Å². The van der Waals surface area contributed by atoms with Gasteiger partial charge in [-0.05, 0) is 51.0 Å². The van der Waals surface area contributed by atoms with E-state index in [4.69, 9.17) is 0 Å². The Morgan fingerprint density at radius 2 is 1.86 bits per heavy atom. The molecule has 2 rings (SSSR count). The molecule has 4 heteroatoms. The first-order chi connectivity index (χ1) is 9.74. The molecule has 2 aromatic rings. The predicted octanol–water partition coefficient (Wildman–Crippen LogP) is 4.28. The normalized spacial score (nSPS) is 11.7. The lowest BCUT2D eigenvalue weighted by Gasteiger charge is -2.20. The number of fused-ring (bicyclic) bond motifs is 1. The minimum Gasteiger partial charge on any atom is -0.333 e. The molecular weight excluding hydrogens is 262 g/mol. The van der Waals surface area contributed by atoms with E-state index in [0.29, 0.717) is 5.92 Å². The van der Waals surface area contributed by atoms with Crippen molar-refractivity contribution in [2.75, 3.05) is 5.32 Å². The monoisotopic (exact) mass is 285 g/mol. The Kier molecular flexibility index (Phi) is 4.16. The number of nitrogens with one attached hydrogen (secondary N) is 2. The third kappa shape index (κ3) is 4.18. The van der Waals surface area contributed by atoms with Gasteiger partial charge in [0.1, 0.15) is 0 Å². The third-order valence-corrected chi connectivity index (χ3v) is 3.05. The zero-order valence-corrected chi connectivity index (χ0v) is 13.3. The van der Waals surface area contributed by atoms with Crippen molar-refractivity contribution in [1.82, 2.24) is 10.3 Å². The van der Waals surface area contributed by atoms with Crippen LogP contribution in [-0.4, -0.2) is 16.6 Å². The van der Waals surface area contributed by atoms with Crippen molar-refractivity contribution in [3.05, 3.63) is 36.0 Å². The number of amides is 2. The highest BCUT2D eigenvalue weighted by Crippen LogP contribution is 2.21. The van der Waals surface area contributed by atoms with Gasteiger partial charge in [-0.2, -0.15) is 0 Å². The van der Waals surface area contributed by atoms with Gasteiger partial charge in [0.15, 0.2) is 0 Å². The first kappa shape index (κ1) is 15.3. The zero-order valence-electron chi connectivity index (χ0n) is 13.3. The Morgan fingerprint density at radius 1 is 1.14 bits per heavy atom. The maximum absolute atomic E-state index is 11.9. The van der Waals surface area contributed by atoms with Crippen molar-refractivity contribution in [3.8, 4) is 0 Å². The molecule has 0 saturated carbocycles. The molecule has 1 aromatic carbocycles. The van der Waals surface area contributed by atoms with Crippen LogP contribution >= 0.6 is 0 Å². The third-order valence-electron chi connectivity index (χ3n) is 3.05. The van der Waals surface area contributed by atoms with Crippen LogP contribution in [0.4, 0.5) is 10.5 Å². The smallest absolute Gasteiger partial charge is 0.319 e. The Balaban J connectivity index is 2.20. The van der Waals surface area contributed by atoms with Crippen molar-refractivity contribution < 1.29 is 4.79 Å². The first-order valence-corrected chi connectivity index (χ1v) is 7.24. The Labute approximate surface area is 126 Å². The van der Waals surface area contributed by atoms with Crippen LogP contribution < -0.4 is 10.6 Å². The molecule has 0 aliphatic heterocycles. The van der Waals surface area contributed by atoms with Gasteiger partial charge in [-0.1, -0.05) is 19.9 Å². The molecule has 0 saturated heterocycles. The number of carbonyl (C=O) groups is 1. The van der Waals surface area contributed by atoms with Gasteiger partial charge in [0.2, 0.25) is 0 Å². The lowest BCUT2D eigenvalue weighted by Crippen LogP contribution is -2.43. The highest BCUT2D eigenvalue weighted by atomic mass is 16.2. The number of carbonyl (C=O) groups excluding carboxylic acids is 1. The standard InChI is InChI=1S/C17H23N3O/c1-11(2)14-8-6-12-10-13(7-9-15(12)19-14)18-16(21)20-17(3,4)5/h6-11H,1-5H3,(H2,18,20,21). The molecule has 1 heterocycles. The molecule has 1 aromatic heterocycles. The molecule has 2 amide bonds. The number of benzene rings is 1. The fourth-order valence-corrected chi connectivity index (χ4v) is 2.04. The number of rotatable bonds is 2. The second-order valence-electron chi connectivity index (χ2n) is 6.63. The van der Waals surface area contributed by atoms with Gasteiger partial charge in [0.05, 0.1) is 5.52 Å². The van der Waals surface area contributed by atoms with E-state index in [9.17, 15) is 4.79 Å². The molecule has 0 aliphatic carbocycles. The second-order valence-corrected chi connectivity index (χ2v) is 6.63. The number of hydrogen-bond donors (Lipinski definition) is 2. The molecule has 0 unspecified atom stereocenters. The number of urea groups is 1. The van der Waals surface area contributed by atoms with Crippen molar-refractivity contribution in [1.29, 1.82) is 0 Å². The molecule has 0 atom stereocenters. The minimum absolute atomic E-state index is 0.200. The fraction of sp³-hybridized carbons (Fsp3) is 0.412. The summed E-state index contributed by atoms with van der Waals surface area (Å²) in [7, 11) is 0. The van der Waals surface area contributed by atoms with E-state index in [-0.39, 0.29) is 11.6 Å². The number of pyridine rings is 1. The topological polar surface area (TPSA) is 54.0 Å². The van der Waals surface area contributed by atoms with Crippen LogP contribution in [0.3, 0.4) is 0 Å². The molecule has 2 N–H and O–H groups in total. The number of nitrogens with zero attached hydrogens (tertiary/aromatic N) is 1. The molecule has 0 fully saturated rings. The zero-order chi connectivity index (χ0) is 15.6. The Bertz CT molecular complexity index is 657. The summed E-state index contributed by atoms with van der Waals surface area (Å²) in [6.45, 7) is 10.1. The molecular formula is C17H23N3O. The van der Waals surface area contributed by atoms with Crippen LogP contribution in [0.25, 0.3) is 10.9 Å². The SMILES string of the molecule is CC(C)c1ccc2cc(NC(=O)NC(C)(C)C)ccc2n1. The van der Waals surface area contributed by atoms with Crippen LogP contribution in [0, 0.1) is 0 Å². The average molecular weight is 285 g/mol. The van der Waals surface area contributed by atoms with E-state index in [1.54, 1.807) is 0 Å². The minimum atomic E-state index is -0.255. The van der Waals surface area contributed by atoms with Gasteiger partial charge >= 0.3 is 6.03 Å². The predicted molar refractivity (Wildman–Crippen MR) is 87.7 cm³/mol. The summed E-state index contributed by atoms with van der Waals surface area (Å²) in [5.41, 5.74) is 2.54. The summed E-state index contributed by atoms with van der Waals surface area (Å²) < 4.78 is 0. The second kappa shape index (κ2) is 5.72. The molecule has 0 radical (unpaired) electrons. The number of anilines is 1. The van der Waals surface area contributed by atoms with Gasteiger partial charge in [0, 0.05) is 22.3 Å². The maximum atomic E-state index is 11.9. The maximum Gasteiger partial charge on any atom is 0.319 e. The Hall–Kier alpha value is -2.10. The van der Waals surface area contributed by atoms with E-state index in [2.05, 4.69) is 29.5 Å². The van der Waals surface area contributed by atoms with E-state index in [1.165, 1.54) is 0 Å². The highest BCUT2D eigenvalue weighted by molar-refractivity contribution is 5.92. The quantitative estimate of drug-likeness (QED) is 0.865. The molecule has 0 spiro atoms. The van der Waals surface area contributed by atoms with Gasteiger partial charge in [-0.15, -0.1) is 0 Å². The van der Waals surface area contributed by atoms with Crippen molar-refractivity contribution in [2.45, 2.75) is 46.1 Å². The number of aromatic nitrogens is 1. The van der Waals surface area contributed by atoms with Crippen LogP contribution in [0.15, 0.2) is 30.3 Å². The lowest BCUT2D eigenvalue weighted by atomic mass is 10.1. The highest BCUT2D eigenvalue weighted by Gasteiger charge is 2.13. The van der Waals surface area contributed by atoms with Gasteiger partial charge in [-0.25, -0.2) is 4.79 Å². The summed E-state index contributed by atoms with van der Waals surface area (Å²) in [5.74, 6) is 0.407. The Morgan fingerprint density at radius 3 is 2.48 bits per heavy atom. The van der Waals surface area contributed by atoms with Gasteiger partial charge < -0.3 is 10.6 Å². The fourth-order valence-electron chi connectivity index (χ4n) is 2.04. The van der Waals surface area contributed by atoms with Crippen LogP contribution in [-0.2, 0) is 0 Å². The van der Waals surface area contributed by atoms with Crippen LogP contribution in [0.5, 0.6) is 0 Å². The van der Waals surface area contributed by atoms with E-state index < -0.39 is 0 Å². The average Bonchev–Trinajstić information content (AvgIpc) is 2.35. The lowest BCUT2D eigenvalue weighted by molar-refractivity contribution is 0.244. The summed E-state index contributed by atoms with van der Waals surface area (Å²) in [5, 5.41) is 6.75. The molecule has 112 valence electrons. The largest absolute Gasteiger partial charge is 0.333 e. The summed E-state index contributed by atoms with van der Waals surface area (Å²) in [6.07, 6.45) is 0.